The molecule has 1 saturated heterocycles. The van der Waals surface area contributed by atoms with Crippen LogP contribution in [0.2, 0.25) is 0 Å². The van der Waals surface area contributed by atoms with E-state index < -0.39 is 0 Å². The van der Waals surface area contributed by atoms with E-state index in [1.54, 1.807) is 6.08 Å². The van der Waals surface area contributed by atoms with Crippen molar-refractivity contribution in [3.05, 3.63) is 24.4 Å². The summed E-state index contributed by atoms with van der Waals surface area (Å²) in [5, 5.41) is 2.27. The molecule has 0 N–H and O–H groups in total. The number of quaternary nitrogens is 1. The van der Waals surface area contributed by atoms with Gasteiger partial charge in [-0.25, -0.2) is 4.79 Å². The highest BCUT2D eigenvalue weighted by atomic mass is 16.5. The van der Waals surface area contributed by atoms with Crippen molar-refractivity contribution >= 4 is 11.9 Å². The topological polar surface area (TPSA) is 46.6 Å². The zero-order chi connectivity index (χ0) is 31.6. The van der Waals surface area contributed by atoms with Crippen LogP contribution in [-0.2, 0) is 14.3 Å². The van der Waals surface area contributed by atoms with Crippen LogP contribution < -0.4 is 0 Å². The second-order valence-corrected chi connectivity index (χ2v) is 14.6. The van der Waals surface area contributed by atoms with Gasteiger partial charge in [-0.15, -0.1) is 0 Å². The highest BCUT2D eigenvalue weighted by Gasteiger charge is 2.62. The molecule has 2 rings (SSSR count). The maximum Gasteiger partial charge on any atom is 0.336 e. The molecule has 0 bridgehead atoms. The van der Waals surface area contributed by atoms with Gasteiger partial charge in [0.1, 0.15) is 17.3 Å². The standard InChI is InChI=1S/C38H69N2O3/c1-7-9-10-11-12-13-14-15-16-17-18-19-20-21-25-29-35(41)39(34-27-23-22-24-28-34)40(33-30-36(42)43-8-2)37(3,4)31-26-32-38(40,5)6/h15-16,30,33-34H,7-14,17-29,31-32H2,1-6H3/q+1/b16-15-,33-30?. The molecule has 1 saturated carbocycles. The van der Waals surface area contributed by atoms with E-state index in [1.807, 2.05) is 13.1 Å². The van der Waals surface area contributed by atoms with Crippen LogP contribution in [0.5, 0.6) is 0 Å². The number of allylic oxidation sites excluding steroid dienone is 2. The molecular formula is C38H69N2O3+. The molecule has 43 heavy (non-hydrogen) atoms. The Morgan fingerprint density at radius 1 is 0.744 bits per heavy atom. The van der Waals surface area contributed by atoms with E-state index >= 15 is 0 Å². The van der Waals surface area contributed by atoms with Gasteiger partial charge in [0.25, 0.3) is 5.91 Å². The SMILES string of the molecule is CCCCCCCC/C=C\CCCCCCCC(=O)N(C1CCCCC1)[N+]1(C=CC(=O)OCC)C(C)(C)CCCC1(C)C. The van der Waals surface area contributed by atoms with Crippen molar-refractivity contribution in [1.82, 2.24) is 5.01 Å². The molecule has 2 fully saturated rings. The Hall–Kier alpha value is -1.62. The van der Waals surface area contributed by atoms with E-state index in [0.717, 1.165) is 44.9 Å². The fourth-order valence-corrected chi connectivity index (χ4v) is 7.96. The van der Waals surface area contributed by atoms with Gasteiger partial charge >= 0.3 is 5.97 Å². The van der Waals surface area contributed by atoms with Crippen LogP contribution in [0.3, 0.4) is 0 Å². The summed E-state index contributed by atoms with van der Waals surface area (Å²) in [6.45, 7) is 13.7. The minimum Gasteiger partial charge on any atom is -0.463 e. The van der Waals surface area contributed by atoms with Crippen LogP contribution >= 0.6 is 0 Å². The monoisotopic (exact) mass is 602 g/mol. The first kappa shape index (κ1) is 37.6. The van der Waals surface area contributed by atoms with Crippen LogP contribution in [0, 0.1) is 0 Å². The van der Waals surface area contributed by atoms with Gasteiger partial charge in [0, 0.05) is 19.3 Å². The maximum absolute atomic E-state index is 14.4. The Kier molecular flexibility index (Phi) is 17.2. The lowest BCUT2D eigenvalue weighted by Gasteiger charge is -2.64. The Balaban J connectivity index is 1.99. The quantitative estimate of drug-likeness (QED) is 0.0458. The molecule has 0 aromatic rings. The van der Waals surface area contributed by atoms with Crippen LogP contribution in [0.15, 0.2) is 24.4 Å². The zero-order valence-corrected chi connectivity index (χ0v) is 29.3. The van der Waals surface area contributed by atoms with Crippen LogP contribution in [0.4, 0.5) is 0 Å². The Labute approximate surface area is 266 Å². The average molecular weight is 602 g/mol. The van der Waals surface area contributed by atoms with Gasteiger partial charge in [-0.05, 0) is 86.0 Å². The highest BCUT2D eigenvalue weighted by Crippen LogP contribution is 2.50. The molecule has 0 unspecified atom stereocenters. The highest BCUT2D eigenvalue weighted by molar-refractivity contribution is 5.81. The van der Waals surface area contributed by atoms with Crippen molar-refractivity contribution in [3.63, 3.8) is 0 Å². The van der Waals surface area contributed by atoms with E-state index in [2.05, 4.69) is 51.8 Å². The summed E-state index contributed by atoms with van der Waals surface area (Å²) in [5.74, 6) is -0.0495. The molecule has 2 aliphatic rings. The number of ether oxygens (including phenoxy) is 1. The summed E-state index contributed by atoms with van der Waals surface area (Å²) >= 11 is 0. The molecule has 5 nitrogen and oxygen atoms in total. The lowest BCUT2D eigenvalue weighted by Crippen LogP contribution is -2.79. The van der Waals surface area contributed by atoms with Gasteiger partial charge in [0.2, 0.25) is 0 Å². The summed E-state index contributed by atoms with van der Waals surface area (Å²) in [7, 11) is 0. The molecule has 0 spiro atoms. The number of likely N-dealkylation sites (tertiary alicyclic amines) is 1. The van der Waals surface area contributed by atoms with Gasteiger partial charge in [-0.3, -0.25) is 4.79 Å². The van der Waals surface area contributed by atoms with Crippen molar-refractivity contribution in [3.8, 4) is 0 Å². The predicted molar refractivity (Wildman–Crippen MR) is 181 cm³/mol. The fourth-order valence-electron chi connectivity index (χ4n) is 7.96. The lowest BCUT2D eigenvalue weighted by atomic mass is 9.77. The first-order valence-corrected chi connectivity index (χ1v) is 18.4. The Morgan fingerprint density at radius 2 is 1.28 bits per heavy atom. The third-order valence-electron chi connectivity index (χ3n) is 10.3. The molecule has 248 valence electrons. The molecule has 1 heterocycles. The number of esters is 1. The van der Waals surface area contributed by atoms with Crippen LogP contribution in [0.1, 0.15) is 183 Å². The van der Waals surface area contributed by atoms with Gasteiger partial charge in [-0.2, -0.15) is 9.60 Å². The first-order valence-electron chi connectivity index (χ1n) is 18.4. The van der Waals surface area contributed by atoms with E-state index in [0.29, 0.717) is 17.6 Å². The molecule has 0 aromatic heterocycles. The molecule has 1 aliphatic carbocycles. The summed E-state index contributed by atoms with van der Waals surface area (Å²) in [6.07, 6.45) is 34.2. The number of carbonyl (C=O) groups is 2. The smallest absolute Gasteiger partial charge is 0.336 e. The van der Waals surface area contributed by atoms with Crippen molar-refractivity contribution in [1.29, 1.82) is 0 Å². The minimum absolute atomic E-state index is 0.208. The van der Waals surface area contributed by atoms with E-state index in [9.17, 15) is 9.59 Å². The molecular weight excluding hydrogens is 532 g/mol. The van der Waals surface area contributed by atoms with Gasteiger partial charge in [-0.1, -0.05) is 89.7 Å². The number of unbranched alkanes of at least 4 members (excludes halogenated alkanes) is 11. The number of hydrogen-bond donors (Lipinski definition) is 0. The minimum atomic E-state index is -0.314. The maximum atomic E-state index is 14.4. The molecule has 5 heteroatoms. The second-order valence-electron chi connectivity index (χ2n) is 14.6. The third-order valence-corrected chi connectivity index (χ3v) is 10.3. The van der Waals surface area contributed by atoms with Crippen molar-refractivity contribution in [2.45, 2.75) is 200 Å². The van der Waals surface area contributed by atoms with Gasteiger partial charge in [0.05, 0.1) is 18.7 Å². The molecule has 0 atom stereocenters. The van der Waals surface area contributed by atoms with Crippen LogP contribution in [0.25, 0.3) is 0 Å². The Bertz CT molecular complexity index is 837. The largest absolute Gasteiger partial charge is 0.463 e. The van der Waals surface area contributed by atoms with Gasteiger partial charge in [0.15, 0.2) is 0 Å². The molecule has 0 aromatic carbocycles. The number of carbonyl (C=O) groups excluding carboxylic acids is 2. The molecule has 1 aliphatic heterocycles. The summed E-state index contributed by atoms with van der Waals surface area (Å²) < 4.78 is 5.74. The number of nitrogens with zero attached hydrogens (tertiary/aromatic N) is 2. The summed E-state index contributed by atoms with van der Waals surface area (Å²) in [6, 6.07) is 0.216. The third kappa shape index (κ3) is 11.4. The number of rotatable bonds is 20. The number of amides is 1. The van der Waals surface area contributed by atoms with Crippen LogP contribution in [-0.4, -0.2) is 45.2 Å². The fraction of sp³-hybridized carbons (Fsp3) is 0.842. The first-order chi connectivity index (χ1) is 20.6. The Morgan fingerprint density at radius 3 is 1.84 bits per heavy atom. The van der Waals surface area contributed by atoms with E-state index in [-0.39, 0.29) is 29.0 Å². The molecule has 1 amide bonds. The molecule has 0 radical (unpaired) electrons. The number of hydrogen-bond acceptors (Lipinski definition) is 3. The zero-order valence-electron chi connectivity index (χ0n) is 29.3. The lowest BCUT2D eigenvalue weighted by molar-refractivity contribution is -1.07. The number of piperidine rings is 1. The second kappa shape index (κ2) is 19.7. The van der Waals surface area contributed by atoms with E-state index in [4.69, 9.17) is 4.74 Å². The average Bonchev–Trinajstić information content (AvgIpc) is 2.96. The predicted octanol–water partition coefficient (Wildman–Crippen LogP) is 10.7. The van der Waals surface area contributed by atoms with Crippen molar-refractivity contribution in [2.75, 3.05) is 6.61 Å². The van der Waals surface area contributed by atoms with Crippen molar-refractivity contribution in [2.24, 2.45) is 0 Å². The van der Waals surface area contributed by atoms with E-state index in [1.165, 1.54) is 89.9 Å². The normalized spacial score (nSPS) is 20.0. The van der Waals surface area contributed by atoms with Gasteiger partial charge < -0.3 is 4.74 Å². The summed E-state index contributed by atoms with van der Waals surface area (Å²) in [4.78, 5) is 27.0. The van der Waals surface area contributed by atoms with Crippen molar-refractivity contribution < 1.29 is 18.9 Å². The summed E-state index contributed by atoms with van der Waals surface area (Å²) in [5.41, 5.74) is -0.416.